The number of ether oxygens (including phenoxy) is 1. The van der Waals surface area contributed by atoms with Crippen LogP contribution in [-0.2, 0) is 19.1 Å². The van der Waals surface area contributed by atoms with Gasteiger partial charge in [-0.25, -0.2) is 4.79 Å². The van der Waals surface area contributed by atoms with Crippen molar-refractivity contribution in [3.8, 4) is 0 Å². The molecule has 0 saturated carbocycles. The lowest BCUT2D eigenvalue weighted by atomic mass is 10.1. The monoisotopic (exact) mass is 402 g/mol. The first-order chi connectivity index (χ1) is 14.4. The Balaban J connectivity index is 1.69. The van der Waals surface area contributed by atoms with E-state index in [-0.39, 0.29) is 5.70 Å². The lowest BCUT2D eigenvalue weighted by Crippen LogP contribution is -2.33. The van der Waals surface area contributed by atoms with Crippen molar-refractivity contribution in [3.63, 3.8) is 0 Å². The summed E-state index contributed by atoms with van der Waals surface area (Å²) in [7, 11) is 0. The maximum absolute atomic E-state index is 12.5. The maximum Gasteiger partial charge on any atom is 0.355 e. The summed E-state index contributed by atoms with van der Waals surface area (Å²) < 4.78 is 5.27. The van der Waals surface area contributed by atoms with Gasteiger partial charge in [0.2, 0.25) is 5.91 Å². The van der Waals surface area contributed by atoms with Gasteiger partial charge in [-0.1, -0.05) is 60.7 Å². The first kappa shape index (κ1) is 20.8. The molecule has 30 heavy (non-hydrogen) atoms. The van der Waals surface area contributed by atoms with E-state index >= 15 is 0 Å². The van der Waals surface area contributed by atoms with E-state index < -0.39 is 23.9 Å². The Kier molecular flexibility index (Phi) is 6.60. The predicted octanol–water partition coefficient (Wildman–Crippen LogP) is 3.89. The van der Waals surface area contributed by atoms with Crippen LogP contribution in [0.1, 0.15) is 19.4 Å². The second-order valence-electron chi connectivity index (χ2n) is 6.75. The maximum atomic E-state index is 12.5. The first-order valence-electron chi connectivity index (χ1n) is 9.47. The number of rotatable bonds is 6. The highest BCUT2D eigenvalue weighted by Crippen LogP contribution is 2.19. The van der Waals surface area contributed by atoms with Gasteiger partial charge in [-0.3, -0.25) is 9.59 Å². The summed E-state index contributed by atoms with van der Waals surface area (Å²) >= 11 is 0. The minimum Gasteiger partial charge on any atom is -0.448 e. The summed E-state index contributed by atoms with van der Waals surface area (Å²) in [5.41, 5.74) is 1.27. The van der Waals surface area contributed by atoms with Gasteiger partial charge in [-0.2, -0.15) is 0 Å². The van der Waals surface area contributed by atoms with E-state index in [9.17, 15) is 14.4 Å². The summed E-state index contributed by atoms with van der Waals surface area (Å²) in [6.45, 7) is 2.77. The van der Waals surface area contributed by atoms with E-state index in [1.807, 2.05) is 54.6 Å². The molecule has 0 bridgehead atoms. The molecule has 0 heterocycles. The fourth-order valence-electron chi connectivity index (χ4n) is 2.84. The third-order valence-electron chi connectivity index (χ3n) is 4.31. The average Bonchev–Trinajstić information content (AvgIpc) is 2.73. The van der Waals surface area contributed by atoms with E-state index in [4.69, 9.17) is 4.74 Å². The molecular formula is C24H22N2O4. The van der Waals surface area contributed by atoms with Gasteiger partial charge in [0.1, 0.15) is 5.70 Å². The van der Waals surface area contributed by atoms with Crippen LogP contribution >= 0.6 is 0 Å². The molecule has 0 aromatic heterocycles. The molecule has 6 nitrogen and oxygen atoms in total. The van der Waals surface area contributed by atoms with Crippen molar-refractivity contribution in [3.05, 3.63) is 84.1 Å². The molecule has 0 radical (unpaired) electrons. The second-order valence-corrected chi connectivity index (χ2v) is 6.75. The molecule has 3 rings (SSSR count). The topological polar surface area (TPSA) is 84.5 Å². The van der Waals surface area contributed by atoms with Gasteiger partial charge >= 0.3 is 5.97 Å². The molecule has 0 aliphatic rings. The third-order valence-corrected chi connectivity index (χ3v) is 4.31. The molecule has 2 N–H and O–H groups in total. The average molecular weight is 402 g/mol. The van der Waals surface area contributed by atoms with E-state index in [0.29, 0.717) is 11.3 Å². The van der Waals surface area contributed by atoms with Gasteiger partial charge in [-0.05, 0) is 41.5 Å². The molecule has 0 aliphatic heterocycles. The van der Waals surface area contributed by atoms with Crippen molar-refractivity contribution in [2.45, 2.75) is 20.0 Å². The van der Waals surface area contributed by atoms with Crippen molar-refractivity contribution in [2.24, 2.45) is 0 Å². The van der Waals surface area contributed by atoms with Crippen molar-refractivity contribution in [2.75, 3.05) is 5.32 Å². The number of anilines is 1. The molecule has 6 heteroatoms. The molecule has 1 atom stereocenters. The van der Waals surface area contributed by atoms with Crippen LogP contribution in [0, 0.1) is 0 Å². The van der Waals surface area contributed by atoms with Crippen LogP contribution in [0.15, 0.2) is 78.5 Å². The molecule has 2 amide bonds. The number of benzene rings is 3. The highest BCUT2D eigenvalue weighted by Gasteiger charge is 2.21. The van der Waals surface area contributed by atoms with Crippen molar-refractivity contribution in [1.82, 2.24) is 5.32 Å². The number of nitrogens with one attached hydrogen (secondary N) is 2. The third kappa shape index (κ3) is 5.54. The standard InChI is InChI=1S/C24H22N2O4/c1-16(23(28)26-21-13-12-19-10-6-7-11-20(19)15-21)30-24(29)22(25-17(2)27)14-18-8-4-3-5-9-18/h3-16H,1-2H3,(H,25,27)(H,26,28)/b22-14-/t16-/m0/s1. The van der Waals surface area contributed by atoms with Gasteiger partial charge in [0, 0.05) is 12.6 Å². The van der Waals surface area contributed by atoms with Gasteiger partial charge in [-0.15, -0.1) is 0 Å². The number of hydrogen-bond donors (Lipinski definition) is 2. The Morgan fingerprint density at radius 1 is 0.900 bits per heavy atom. The van der Waals surface area contributed by atoms with Crippen molar-refractivity contribution >= 4 is 40.3 Å². The highest BCUT2D eigenvalue weighted by molar-refractivity contribution is 6.01. The quantitative estimate of drug-likeness (QED) is 0.484. The van der Waals surface area contributed by atoms with Gasteiger partial charge < -0.3 is 15.4 Å². The number of carbonyl (C=O) groups excluding carboxylic acids is 3. The Morgan fingerprint density at radius 3 is 2.27 bits per heavy atom. The minimum absolute atomic E-state index is 0.0425. The van der Waals surface area contributed by atoms with Gasteiger partial charge in [0.15, 0.2) is 6.10 Å². The van der Waals surface area contributed by atoms with Crippen LogP contribution < -0.4 is 10.6 Å². The van der Waals surface area contributed by atoms with E-state index in [2.05, 4.69) is 10.6 Å². The number of carbonyl (C=O) groups is 3. The van der Waals surface area contributed by atoms with Crippen molar-refractivity contribution < 1.29 is 19.1 Å². The number of amides is 2. The number of fused-ring (bicyclic) bond motifs is 1. The predicted molar refractivity (Wildman–Crippen MR) is 116 cm³/mol. The lowest BCUT2D eigenvalue weighted by molar-refractivity contribution is -0.149. The van der Waals surface area contributed by atoms with Crippen LogP contribution in [0.25, 0.3) is 16.8 Å². The molecule has 0 saturated heterocycles. The summed E-state index contributed by atoms with van der Waals surface area (Å²) in [5.74, 6) is -1.68. The molecule has 3 aromatic carbocycles. The molecule has 0 aliphatic carbocycles. The molecule has 152 valence electrons. The largest absolute Gasteiger partial charge is 0.448 e. The minimum atomic E-state index is -1.06. The number of hydrogen-bond acceptors (Lipinski definition) is 4. The van der Waals surface area contributed by atoms with E-state index in [0.717, 1.165) is 10.8 Å². The zero-order chi connectivity index (χ0) is 21.5. The molecule has 3 aromatic rings. The van der Waals surface area contributed by atoms with E-state index in [1.54, 1.807) is 18.2 Å². The van der Waals surface area contributed by atoms with Crippen LogP contribution in [0.4, 0.5) is 5.69 Å². The zero-order valence-electron chi connectivity index (χ0n) is 16.7. The van der Waals surface area contributed by atoms with Crippen LogP contribution in [0.5, 0.6) is 0 Å². The molecule has 0 fully saturated rings. The summed E-state index contributed by atoms with van der Waals surface area (Å²) in [5, 5.41) is 7.25. The van der Waals surface area contributed by atoms with Crippen LogP contribution in [-0.4, -0.2) is 23.9 Å². The Labute approximate surface area is 174 Å². The normalized spacial score (nSPS) is 12.1. The Hall–Kier alpha value is -3.93. The highest BCUT2D eigenvalue weighted by atomic mass is 16.5. The molecule has 0 spiro atoms. The first-order valence-corrected chi connectivity index (χ1v) is 9.47. The fraction of sp³-hybridized carbons (Fsp3) is 0.125. The van der Waals surface area contributed by atoms with E-state index in [1.165, 1.54) is 19.9 Å². The summed E-state index contributed by atoms with van der Waals surface area (Å²) in [6.07, 6.45) is 0.439. The molecular weight excluding hydrogens is 380 g/mol. The van der Waals surface area contributed by atoms with Crippen LogP contribution in [0.2, 0.25) is 0 Å². The van der Waals surface area contributed by atoms with Gasteiger partial charge in [0.05, 0.1) is 0 Å². The fourth-order valence-corrected chi connectivity index (χ4v) is 2.84. The second kappa shape index (κ2) is 9.52. The van der Waals surface area contributed by atoms with Crippen molar-refractivity contribution in [1.29, 1.82) is 0 Å². The molecule has 0 unspecified atom stereocenters. The number of esters is 1. The van der Waals surface area contributed by atoms with Gasteiger partial charge in [0.25, 0.3) is 5.91 Å². The van der Waals surface area contributed by atoms with Crippen LogP contribution in [0.3, 0.4) is 0 Å². The Bertz CT molecular complexity index is 1110. The Morgan fingerprint density at radius 2 is 1.57 bits per heavy atom. The summed E-state index contributed by atoms with van der Waals surface area (Å²) in [4.78, 5) is 36.5. The summed E-state index contributed by atoms with van der Waals surface area (Å²) in [6, 6.07) is 22.3. The zero-order valence-corrected chi connectivity index (χ0v) is 16.7. The SMILES string of the molecule is CC(=O)N/C(=C\c1ccccc1)C(=O)O[C@@H](C)C(=O)Nc1ccc2ccccc2c1. The smallest absolute Gasteiger partial charge is 0.355 e. The lowest BCUT2D eigenvalue weighted by Gasteiger charge is -2.15.